The Morgan fingerprint density at radius 3 is 1.96 bits per heavy atom. The average Bonchev–Trinajstić information content (AvgIpc) is 2.64. The van der Waals surface area contributed by atoms with E-state index in [1.807, 2.05) is 31.2 Å². The number of rotatable bonds is 7. The van der Waals surface area contributed by atoms with Crippen LogP contribution in [0.2, 0.25) is 0 Å². The highest BCUT2D eigenvalue weighted by atomic mass is 32.2. The second kappa shape index (κ2) is 8.47. The molecule has 0 unspecified atom stereocenters. The molecule has 0 saturated carbocycles. The lowest BCUT2D eigenvalue weighted by Gasteiger charge is -2.19. The van der Waals surface area contributed by atoms with Crippen LogP contribution in [-0.4, -0.2) is 43.7 Å². The van der Waals surface area contributed by atoms with Gasteiger partial charge in [-0.3, -0.25) is 4.79 Å². The zero-order valence-corrected chi connectivity index (χ0v) is 16.6. The van der Waals surface area contributed by atoms with Gasteiger partial charge >= 0.3 is 0 Å². The van der Waals surface area contributed by atoms with E-state index in [9.17, 15) is 13.2 Å². The molecule has 0 fully saturated rings. The highest BCUT2D eigenvalue weighted by Crippen LogP contribution is 2.17. The summed E-state index contributed by atoms with van der Waals surface area (Å²) in [7, 11) is -1.77. The van der Waals surface area contributed by atoms with E-state index in [0.29, 0.717) is 25.2 Å². The molecular formula is C20H26N2O3S. The molecule has 0 aliphatic rings. The minimum absolute atomic E-state index is 0.141. The minimum atomic E-state index is -3.51. The molecular weight excluding hydrogens is 348 g/mol. The van der Waals surface area contributed by atoms with Crippen LogP contribution in [0.1, 0.15) is 35.3 Å². The number of sulfonamides is 1. The Labute approximate surface area is 156 Å². The summed E-state index contributed by atoms with van der Waals surface area (Å²) in [6, 6.07) is 14.2. The Kier molecular flexibility index (Phi) is 6.56. The monoisotopic (exact) mass is 374 g/mol. The molecule has 2 rings (SSSR count). The van der Waals surface area contributed by atoms with Crippen LogP contribution in [0, 0.1) is 6.92 Å². The van der Waals surface area contributed by atoms with Crippen LogP contribution >= 0.6 is 0 Å². The van der Waals surface area contributed by atoms with Gasteiger partial charge in [-0.2, -0.15) is 4.31 Å². The Balaban J connectivity index is 2.14. The minimum Gasteiger partial charge on any atom is -0.337 e. The molecule has 0 N–H and O–H groups in total. The lowest BCUT2D eigenvalue weighted by Crippen LogP contribution is -2.30. The van der Waals surface area contributed by atoms with E-state index in [1.165, 1.54) is 22.0 Å². The van der Waals surface area contributed by atoms with Gasteiger partial charge in [-0.25, -0.2) is 8.42 Å². The predicted octanol–water partition coefficient (Wildman–Crippen LogP) is 3.30. The molecule has 6 heteroatoms. The van der Waals surface area contributed by atoms with Crippen molar-refractivity contribution in [3.63, 3.8) is 0 Å². The first-order chi connectivity index (χ1) is 12.3. The van der Waals surface area contributed by atoms with Gasteiger partial charge in [0, 0.05) is 32.2 Å². The highest BCUT2D eigenvalue weighted by Gasteiger charge is 2.22. The lowest BCUT2D eigenvalue weighted by atomic mass is 10.1. The summed E-state index contributed by atoms with van der Waals surface area (Å²) in [5.41, 5.74) is 2.69. The van der Waals surface area contributed by atoms with Gasteiger partial charge in [-0.05, 0) is 36.8 Å². The SMILES string of the molecule is CCN(CC)S(=O)(=O)c1ccc(C(=O)N(C)Cc2ccc(C)cc2)cc1. The maximum absolute atomic E-state index is 12.6. The van der Waals surface area contributed by atoms with Gasteiger partial charge < -0.3 is 4.90 Å². The number of amides is 1. The first-order valence-corrected chi connectivity index (χ1v) is 10.1. The molecule has 2 aromatic carbocycles. The van der Waals surface area contributed by atoms with E-state index in [4.69, 9.17) is 0 Å². The molecule has 0 aliphatic carbocycles. The molecule has 0 aliphatic heterocycles. The number of carbonyl (C=O) groups is 1. The first kappa shape index (κ1) is 20.1. The largest absolute Gasteiger partial charge is 0.337 e. The van der Waals surface area contributed by atoms with Crippen molar-refractivity contribution in [3.05, 3.63) is 65.2 Å². The number of hydrogen-bond acceptors (Lipinski definition) is 3. The summed E-state index contributed by atoms with van der Waals surface area (Å²) in [6.07, 6.45) is 0. The fraction of sp³-hybridized carbons (Fsp3) is 0.350. The Bertz CT molecular complexity index is 840. The maximum atomic E-state index is 12.6. The van der Waals surface area contributed by atoms with Crippen molar-refractivity contribution in [2.75, 3.05) is 20.1 Å². The summed E-state index contributed by atoms with van der Waals surface area (Å²) in [4.78, 5) is 14.4. The van der Waals surface area contributed by atoms with Crippen LogP contribution in [0.3, 0.4) is 0 Å². The number of hydrogen-bond donors (Lipinski definition) is 0. The third-order valence-electron chi connectivity index (χ3n) is 4.33. The average molecular weight is 375 g/mol. The molecule has 0 saturated heterocycles. The van der Waals surface area contributed by atoms with Crippen molar-refractivity contribution in [3.8, 4) is 0 Å². The second-order valence-corrected chi connectivity index (χ2v) is 8.20. The molecule has 140 valence electrons. The number of carbonyl (C=O) groups excluding carboxylic acids is 1. The molecule has 0 heterocycles. The normalized spacial score (nSPS) is 11.6. The quantitative estimate of drug-likeness (QED) is 0.747. The summed E-state index contributed by atoms with van der Waals surface area (Å²) < 4.78 is 26.4. The first-order valence-electron chi connectivity index (χ1n) is 8.70. The van der Waals surface area contributed by atoms with Crippen molar-refractivity contribution < 1.29 is 13.2 Å². The standard InChI is InChI=1S/C20H26N2O3S/c1-5-22(6-2)26(24,25)19-13-11-18(12-14-19)20(23)21(4)15-17-9-7-16(3)8-10-17/h7-14H,5-6,15H2,1-4H3. The zero-order chi connectivity index (χ0) is 19.3. The molecule has 2 aromatic rings. The van der Waals surface area contributed by atoms with Crippen molar-refractivity contribution in [2.24, 2.45) is 0 Å². The summed E-state index contributed by atoms with van der Waals surface area (Å²) >= 11 is 0. The molecule has 26 heavy (non-hydrogen) atoms. The van der Waals surface area contributed by atoms with E-state index >= 15 is 0 Å². The van der Waals surface area contributed by atoms with Crippen molar-refractivity contribution in [2.45, 2.75) is 32.2 Å². The Hall–Kier alpha value is -2.18. The molecule has 0 radical (unpaired) electrons. The molecule has 5 nitrogen and oxygen atoms in total. The van der Waals surface area contributed by atoms with Crippen LogP contribution in [0.4, 0.5) is 0 Å². The molecule has 0 atom stereocenters. The van der Waals surface area contributed by atoms with E-state index in [1.54, 1.807) is 37.9 Å². The fourth-order valence-corrected chi connectivity index (χ4v) is 4.20. The van der Waals surface area contributed by atoms with E-state index in [0.717, 1.165) is 5.56 Å². The van der Waals surface area contributed by atoms with Crippen LogP contribution in [0.5, 0.6) is 0 Å². The zero-order valence-electron chi connectivity index (χ0n) is 15.8. The molecule has 0 spiro atoms. The molecule has 1 amide bonds. The van der Waals surface area contributed by atoms with Gasteiger partial charge in [0.05, 0.1) is 4.90 Å². The summed E-state index contributed by atoms with van der Waals surface area (Å²) in [6.45, 7) is 6.96. The lowest BCUT2D eigenvalue weighted by molar-refractivity contribution is 0.0785. The Morgan fingerprint density at radius 2 is 1.46 bits per heavy atom. The predicted molar refractivity (Wildman–Crippen MR) is 104 cm³/mol. The molecule has 0 aromatic heterocycles. The Morgan fingerprint density at radius 1 is 0.923 bits per heavy atom. The third kappa shape index (κ3) is 4.51. The highest BCUT2D eigenvalue weighted by molar-refractivity contribution is 7.89. The van der Waals surface area contributed by atoms with Crippen LogP contribution in [0.15, 0.2) is 53.4 Å². The van der Waals surface area contributed by atoms with Crippen molar-refractivity contribution >= 4 is 15.9 Å². The van der Waals surface area contributed by atoms with Crippen LogP contribution in [-0.2, 0) is 16.6 Å². The van der Waals surface area contributed by atoms with Gasteiger partial charge in [0.15, 0.2) is 0 Å². The number of nitrogens with zero attached hydrogens (tertiary/aromatic N) is 2. The maximum Gasteiger partial charge on any atom is 0.253 e. The number of benzene rings is 2. The van der Waals surface area contributed by atoms with Gasteiger partial charge in [0.2, 0.25) is 10.0 Å². The fourth-order valence-electron chi connectivity index (χ4n) is 2.74. The van der Waals surface area contributed by atoms with Gasteiger partial charge in [-0.1, -0.05) is 43.7 Å². The van der Waals surface area contributed by atoms with E-state index in [-0.39, 0.29) is 10.8 Å². The van der Waals surface area contributed by atoms with Crippen molar-refractivity contribution in [1.29, 1.82) is 0 Å². The third-order valence-corrected chi connectivity index (χ3v) is 6.40. The second-order valence-electron chi connectivity index (χ2n) is 6.26. The molecule has 0 bridgehead atoms. The van der Waals surface area contributed by atoms with E-state index < -0.39 is 10.0 Å². The van der Waals surface area contributed by atoms with Gasteiger partial charge in [0.25, 0.3) is 5.91 Å². The van der Waals surface area contributed by atoms with Crippen LogP contribution < -0.4 is 0 Å². The smallest absolute Gasteiger partial charge is 0.253 e. The van der Waals surface area contributed by atoms with Gasteiger partial charge in [-0.15, -0.1) is 0 Å². The van der Waals surface area contributed by atoms with Gasteiger partial charge in [0.1, 0.15) is 0 Å². The van der Waals surface area contributed by atoms with Crippen molar-refractivity contribution in [1.82, 2.24) is 9.21 Å². The summed E-state index contributed by atoms with van der Waals surface area (Å²) in [5.74, 6) is -0.141. The summed E-state index contributed by atoms with van der Waals surface area (Å²) in [5, 5.41) is 0. The topological polar surface area (TPSA) is 57.7 Å². The van der Waals surface area contributed by atoms with Crippen LogP contribution in [0.25, 0.3) is 0 Å². The van der Waals surface area contributed by atoms with E-state index in [2.05, 4.69) is 0 Å². The number of aryl methyl sites for hydroxylation is 1.